The number of nitrogens with one attached hydrogen (secondary N) is 3. The van der Waals surface area contributed by atoms with Crippen molar-refractivity contribution in [1.82, 2.24) is 20.3 Å². The molecule has 0 spiro atoms. The molecule has 5 atom stereocenters. The molecule has 2 heterocycles. The van der Waals surface area contributed by atoms with Gasteiger partial charge in [-0.2, -0.15) is 0 Å². The second-order valence-corrected chi connectivity index (χ2v) is 13.9. The number of carbonyl (C=O) groups is 5. The number of aryl methyl sites for hydroxylation is 1. The molecule has 14 heteroatoms. The molecule has 2 aliphatic carbocycles. The van der Waals surface area contributed by atoms with E-state index in [4.69, 9.17) is 9.47 Å². The number of amides is 4. The summed E-state index contributed by atoms with van der Waals surface area (Å²) in [6, 6.07) is 4.13. The molecule has 0 radical (unpaired) electrons. The molecule has 0 bridgehead atoms. The van der Waals surface area contributed by atoms with Crippen LogP contribution in [-0.2, 0) is 38.7 Å². The van der Waals surface area contributed by atoms with E-state index >= 15 is 0 Å². The number of allylic oxidation sites excluding steroid dienone is 1. The first-order chi connectivity index (χ1) is 21.5. The summed E-state index contributed by atoms with van der Waals surface area (Å²) >= 11 is 0. The highest BCUT2D eigenvalue weighted by molar-refractivity contribution is 7.90. The lowest BCUT2D eigenvalue weighted by Crippen LogP contribution is -2.58. The highest BCUT2D eigenvalue weighted by Gasteiger charge is 2.61. The molecule has 0 unspecified atom stereocenters. The van der Waals surface area contributed by atoms with Gasteiger partial charge in [-0.15, -0.1) is 0 Å². The first kappa shape index (κ1) is 32.5. The quantitative estimate of drug-likeness (QED) is 0.296. The fourth-order valence-corrected chi connectivity index (χ4v) is 7.49. The van der Waals surface area contributed by atoms with Gasteiger partial charge in [0.25, 0.3) is 22.4 Å². The average Bonchev–Trinajstić information content (AvgIpc) is 3.50. The minimum absolute atomic E-state index is 0.0325. The number of carbonyl (C=O) groups excluding carboxylic acids is 5. The van der Waals surface area contributed by atoms with Gasteiger partial charge >= 0.3 is 6.09 Å². The molecular formula is C31H40N4O9S. The van der Waals surface area contributed by atoms with Gasteiger partial charge in [0.1, 0.15) is 29.8 Å². The van der Waals surface area contributed by atoms with Gasteiger partial charge in [0.2, 0.25) is 11.8 Å². The number of nitrogens with zero attached hydrogens (tertiary/aromatic N) is 1. The Balaban J connectivity index is 1.40. The normalized spacial score (nSPS) is 29.8. The Hall–Kier alpha value is -3.94. The van der Waals surface area contributed by atoms with Crippen LogP contribution in [0.2, 0.25) is 0 Å². The lowest BCUT2D eigenvalue weighted by atomic mass is 9.96. The summed E-state index contributed by atoms with van der Waals surface area (Å²) in [6.45, 7) is 1.78. The number of benzene rings is 1. The van der Waals surface area contributed by atoms with Crippen LogP contribution in [0.3, 0.4) is 0 Å². The molecule has 4 amide bonds. The first-order valence-electron chi connectivity index (χ1n) is 15.5. The summed E-state index contributed by atoms with van der Waals surface area (Å²) in [4.78, 5) is 66.5. The Morgan fingerprint density at radius 3 is 2.56 bits per heavy atom. The van der Waals surface area contributed by atoms with Crippen molar-refractivity contribution in [2.45, 2.75) is 106 Å². The van der Waals surface area contributed by atoms with E-state index < -0.39 is 63.5 Å². The zero-order valence-corrected chi connectivity index (χ0v) is 26.1. The molecule has 1 aromatic rings. The number of hydrogen-bond acceptors (Lipinski definition) is 9. The van der Waals surface area contributed by atoms with Crippen molar-refractivity contribution in [3.63, 3.8) is 0 Å². The second kappa shape index (κ2) is 13.6. The smallest absolute Gasteiger partial charge is 0.408 e. The highest BCUT2D eigenvalue weighted by Crippen LogP contribution is 2.46. The van der Waals surface area contributed by atoms with Crippen molar-refractivity contribution in [3.05, 3.63) is 42.0 Å². The van der Waals surface area contributed by atoms with Crippen molar-refractivity contribution in [1.29, 1.82) is 0 Å². The number of fused-ring (bicyclic) bond motifs is 2. The minimum atomic E-state index is -4.25. The third kappa shape index (κ3) is 7.32. The summed E-state index contributed by atoms with van der Waals surface area (Å²) in [5.74, 6) is -2.57. The molecule has 244 valence electrons. The van der Waals surface area contributed by atoms with E-state index in [2.05, 4.69) is 15.4 Å². The van der Waals surface area contributed by atoms with Gasteiger partial charge in [-0.3, -0.25) is 19.2 Å². The molecule has 3 fully saturated rings. The third-order valence-corrected chi connectivity index (χ3v) is 10.6. The number of hydrogen-bond donors (Lipinski definition) is 3. The summed E-state index contributed by atoms with van der Waals surface area (Å²) in [6.07, 6.45) is 7.84. The van der Waals surface area contributed by atoms with Crippen LogP contribution in [0.15, 0.2) is 41.3 Å². The van der Waals surface area contributed by atoms with Crippen molar-refractivity contribution >= 4 is 40.3 Å². The topological polar surface area (TPSA) is 177 Å². The highest BCUT2D eigenvalue weighted by atomic mass is 32.2. The Morgan fingerprint density at radius 1 is 1.07 bits per heavy atom. The van der Waals surface area contributed by atoms with Crippen molar-refractivity contribution in [2.75, 3.05) is 6.54 Å². The van der Waals surface area contributed by atoms with Gasteiger partial charge < -0.3 is 25.0 Å². The van der Waals surface area contributed by atoms with E-state index in [1.807, 2.05) is 12.2 Å². The Bertz CT molecular complexity index is 1460. The molecule has 1 aromatic carbocycles. The molecular weight excluding hydrogens is 604 g/mol. The standard InChI is InChI=1S/C31H40N4O9S/c1-20-10-7-8-15-26(20)45(41,42)34-29(39)31-17-21(31)11-5-3-2-4-6-14-24(32-30(40)44-22-12-9-13-22)28(38)35-18-23(43-19-36)16-25(35)27(37)33-31/h5,7-8,10-11,15,19,21-25H,2-4,6,9,12-14,16-18H2,1H3,(H,32,40)(H,33,37)(H,34,39)/b11-5-/t21-,23-,24+,25+,31-/m1/s1. The lowest BCUT2D eigenvalue weighted by Gasteiger charge is -2.31. The monoisotopic (exact) mass is 644 g/mol. The molecule has 1 saturated heterocycles. The van der Waals surface area contributed by atoms with E-state index in [1.165, 1.54) is 11.0 Å². The summed E-state index contributed by atoms with van der Waals surface area (Å²) in [5.41, 5.74) is -1.11. The maximum Gasteiger partial charge on any atom is 0.408 e. The number of rotatable bonds is 7. The van der Waals surface area contributed by atoms with Crippen LogP contribution in [0.4, 0.5) is 4.79 Å². The predicted molar refractivity (Wildman–Crippen MR) is 160 cm³/mol. The Morgan fingerprint density at radius 2 is 1.84 bits per heavy atom. The number of sulfonamides is 1. The van der Waals surface area contributed by atoms with Crippen LogP contribution in [0.1, 0.15) is 69.8 Å². The van der Waals surface area contributed by atoms with Crippen LogP contribution in [0.5, 0.6) is 0 Å². The molecule has 13 nitrogen and oxygen atoms in total. The van der Waals surface area contributed by atoms with E-state index in [9.17, 15) is 32.4 Å². The predicted octanol–water partition coefficient (Wildman–Crippen LogP) is 1.98. The van der Waals surface area contributed by atoms with E-state index in [-0.39, 0.29) is 36.9 Å². The van der Waals surface area contributed by atoms with Crippen molar-refractivity contribution in [2.24, 2.45) is 5.92 Å². The fourth-order valence-electron chi connectivity index (χ4n) is 6.20. The first-order valence-corrected chi connectivity index (χ1v) is 17.0. The van der Waals surface area contributed by atoms with Gasteiger partial charge in [0, 0.05) is 12.3 Å². The molecule has 5 rings (SSSR count). The van der Waals surface area contributed by atoms with Crippen LogP contribution in [0.25, 0.3) is 0 Å². The summed E-state index contributed by atoms with van der Waals surface area (Å²) in [5, 5.41) is 5.44. The molecule has 2 saturated carbocycles. The lowest BCUT2D eigenvalue weighted by molar-refractivity contribution is -0.141. The zero-order valence-electron chi connectivity index (χ0n) is 25.2. The molecule has 0 aromatic heterocycles. The van der Waals surface area contributed by atoms with Crippen molar-refractivity contribution < 1.29 is 41.9 Å². The van der Waals surface area contributed by atoms with Crippen LogP contribution in [-0.4, -0.2) is 80.0 Å². The van der Waals surface area contributed by atoms with E-state index in [0.717, 1.165) is 32.1 Å². The molecule has 2 aliphatic heterocycles. The number of alkyl carbamates (subject to hydrolysis) is 1. The van der Waals surface area contributed by atoms with E-state index in [1.54, 1.807) is 25.1 Å². The van der Waals surface area contributed by atoms with Gasteiger partial charge in [-0.1, -0.05) is 43.2 Å². The Labute approximate surface area is 262 Å². The average molecular weight is 645 g/mol. The van der Waals surface area contributed by atoms with Gasteiger partial charge in [-0.05, 0) is 63.5 Å². The van der Waals surface area contributed by atoms with Gasteiger partial charge in [0.05, 0.1) is 11.4 Å². The zero-order chi connectivity index (χ0) is 32.2. The van der Waals surface area contributed by atoms with Crippen LogP contribution >= 0.6 is 0 Å². The molecule has 4 aliphatic rings. The Kier molecular flexibility index (Phi) is 9.80. The summed E-state index contributed by atoms with van der Waals surface area (Å²) in [7, 11) is -4.25. The maximum atomic E-state index is 13.9. The fraction of sp³-hybridized carbons (Fsp3) is 0.581. The minimum Gasteiger partial charge on any atom is -0.463 e. The SMILES string of the molecule is Cc1ccccc1S(=O)(=O)NC(=O)[C@@]12C[C@H]1/C=C\CCCCC[C@H](NC(=O)OC1CCC1)C(=O)N1C[C@H](OC=O)C[C@H]1C(=O)N2. The summed E-state index contributed by atoms with van der Waals surface area (Å²) < 4.78 is 39.1. The van der Waals surface area contributed by atoms with Crippen LogP contribution in [0, 0.1) is 12.8 Å². The molecule has 3 N–H and O–H groups in total. The van der Waals surface area contributed by atoms with Crippen molar-refractivity contribution in [3.8, 4) is 0 Å². The molecule has 45 heavy (non-hydrogen) atoms. The largest absolute Gasteiger partial charge is 0.463 e. The third-order valence-electron chi connectivity index (χ3n) is 9.12. The van der Waals surface area contributed by atoms with Gasteiger partial charge in [0.15, 0.2) is 0 Å². The van der Waals surface area contributed by atoms with Gasteiger partial charge in [-0.25, -0.2) is 17.9 Å². The number of ether oxygens (including phenoxy) is 2. The van der Waals surface area contributed by atoms with Crippen LogP contribution < -0.4 is 15.4 Å². The van der Waals surface area contributed by atoms with E-state index in [0.29, 0.717) is 24.8 Å². The second-order valence-electron chi connectivity index (χ2n) is 12.3. The maximum absolute atomic E-state index is 13.9.